The first-order chi connectivity index (χ1) is 18.3. The van der Waals surface area contributed by atoms with Gasteiger partial charge in [0.15, 0.2) is 0 Å². The number of benzene rings is 4. The summed E-state index contributed by atoms with van der Waals surface area (Å²) in [4.78, 5) is 5.13. The van der Waals surface area contributed by atoms with E-state index in [1.807, 2.05) is 59.4 Å². The number of para-hydroxylation sites is 3. The lowest BCUT2D eigenvalue weighted by Crippen LogP contribution is -2.22. The molecule has 0 saturated heterocycles. The molecule has 0 unspecified atom stereocenters. The largest absolute Gasteiger partial charge is 0.340 e. The molecule has 0 aromatic heterocycles. The molecule has 188 valence electrons. The van der Waals surface area contributed by atoms with Crippen LogP contribution in [0.1, 0.15) is 51.0 Å². The van der Waals surface area contributed by atoms with Crippen molar-refractivity contribution in [2.45, 2.75) is 55.2 Å². The average molecular weight is 506 g/mol. The smallest absolute Gasteiger partial charge is 0.0652 e. The van der Waals surface area contributed by atoms with Crippen LogP contribution in [0.2, 0.25) is 0 Å². The molecule has 0 fully saturated rings. The number of fused-ring (bicyclic) bond motifs is 2. The summed E-state index contributed by atoms with van der Waals surface area (Å²) in [7, 11) is 0. The van der Waals surface area contributed by atoms with Crippen LogP contribution in [0.15, 0.2) is 118 Å². The van der Waals surface area contributed by atoms with Crippen molar-refractivity contribution < 1.29 is 0 Å². The van der Waals surface area contributed by atoms with Gasteiger partial charge in [0.05, 0.1) is 29.0 Å². The van der Waals surface area contributed by atoms with Crippen LogP contribution in [-0.4, -0.2) is 12.8 Å². The molecule has 0 bridgehead atoms. The Morgan fingerprint density at radius 1 is 0.676 bits per heavy atom. The van der Waals surface area contributed by atoms with Crippen molar-refractivity contribution in [3.8, 4) is 0 Å². The molecule has 37 heavy (non-hydrogen) atoms. The summed E-state index contributed by atoms with van der Waals surface area (Å²) in [5.74, 6) is 0. The molecule has 0 radical (unpaired) electrons. The summed E-state index contributed by atoms with van der Waals surface area (Å²) in [6, 6.07) is 36.1. The predicted molar refractivity (Wildman–Crippen MR) is 160 cm³/mol. The van der Waals surface area contributed by atoms with Crippen LogP contribution in [0, 0.1) is 0 Å². The van der Waals surface area contributed by atoms with Gasteiger partial charge in [-0.05, 0) is 60.5 Å². The molecule has 4 heteroatoms. The standard InChI is InChI=1S/C33H35N3S/c1-2-3-4-5-6-15-24-35-30-20-13-14-21-32(30)37-33-25-27(22-23-31(33)35)26-34-36(28-16-9-7-10-17-28)29-18-11-8-12-19-29/h7-14,16-23,25-26H,2-6,15,24H2,1H3/b34-26+. The minimum Gasteiger partial charge on any atom is -0.340 e. The predicted octanol–water partition coefficient (Wildman–Crippen LogP) is 9.82. The van der Waals surface area contributed by atoms with E-state index in [9.17, 15) is 0 Å². The Bertz CT molecular complexity index is 1260. The van der Waals surface area contributed by atoms with Gasteiger partial charge in [0.1, 0.15) is 0 Å². The Balaban J connectivity index is 1.38. The third-order valence-electron chi connectivity index (χ3n) is 6.71. The maximum Gasteiger partial charge on any atom is 0.0652 e. The monoisotopic (exact) mass is 505 g/mol. The van der Waals surface area contributed by atoms with Crippen molar-refractivity contribution in [3.05, 3.63) is 109 Å². The van der Waals surface area contributed by atoms with Gasteiger partial charge in [-0.15, -0.1) is 0 Å². The molecule has 1 aliphatic heterocycles. The van der Waals surface area contributed by atoms with Gasteiger partial charge in [-0.2, -0.15) is 5.10 Å². The van der Waals surface area contributed by atoms with Crippen LogP contribution in [0.25, 0.3) is 0 Å². The van der Waals surface area contributed by atoms with E-state index in [1.165, 1.54) is 59.7 Å². The zero-order valence-electron chi connectivity index (χ0n) is 21.6. The van der Waals surface area contributed by atoms with E-state index >= 15 is 0 Å². The molecular weight excluding hydrogens is 470 g/mol. The van der Waals surface area contributed by atoms with Crippen LogP contribution in [0.5, 0.6) is 0 Å². The molecular formula is C33H35N3S. The van der Waals surface area contributed by atoms with Crippen LogP contribution in [-0.2, 0) is 0 Å². The first kappa shape index (κ1) is 25.2. The first-order valence-electron chi connectivity index (χ1n) is 13.5. The highest BCUT2D eigenvalue weighted by molar-refractivity contribution is 7.99. The van der Waals surface area contributed by atoms with Crippen LogP contribution < -0.4 is 9.91 Å². The van der Waals surface area contributed by atoms with Crippen LogP contribution >= 0.6 is 11.8 Å². The van der Waals surface area contributed by atoms with Gasteiger partial charge in [0, 0.05) is 16.3 Å². The van der Waals surface area contributed by atoms with E-state index in [-0.39, 0.29) is 0 Å². The summed E-state index contributed by atoms with van der Waals surface area (Å²) in [5.41, 5.74) is 5.81. The molecule has 0 spiro atoms. The molecule has 0 aliphatic carbocycles. The SMILES string of the molecule is CCCCCCCCN1c2ccccc2Sc2cc(/C=N/N(c3ccccc3)c3ccccc3)ccc21. The first-order valence-corrected chi connectivity index (χ1v) is 14.3. The zero-order valence-corrected chi connectivity index (χ0v) is 22.4. The number of rotatable bonds is 11. The number of unbranched alkanes of at least 4 members (excludes halogenated alkanes) is 5. The highest BCUT2D eigenvalue weighted by atomic mass is 32.2. The molecule has 0 N–H and O–H groups in total. The number of anilines is 4. The van der Waals surface area contributed by atoms with Crippen molar-refractivity contribution in [1.82, 2.24) is 0 Å². The number of nitrogens with zero attached hydrogens (tertiary/aromatic N) is 3. The lowest BCUT2D eigenvalue weighted by Gasteiger charge is -2.33. The second-order valence-corrected chi connectivity index (χ2v) is 10.5. The highest BCUT2D eigenvalue weighted by Gasteiger charge is 2.23. The lowest BCUT2D eigenvalue weighted by atomic mass is 10.1. The molecule has 1 heterocycles. The van der Waals surface area contributed by atoms with Crippen molar-refractivity contribution in [3.63, 3.8) is 0 Å². The average Bonchev–Trinajstić information content (AvgIpc) is 2.95. The lowest BCUT2D eigenvalue weighted by molar-refractivity contribution is 0.608. The quantitative estimate of drug-likeness (QED) is 0.115. The van der Waals surface area contributed by atoms with Gasteiger partial charge < -0.3 is 4.90 Å². The Kier molecular flexibility index (Phi) is 8.60. The van der Waals surface area contributed by atoms with Crippen LogP contribution in [0.4, 0.5) is 22.7 Å². The molecule has 0 amide bonds. The van der Waals surface area contributed by atoms with Gasteiger partial charge in [0.2, 0.25) is 0 Å². The third-order valence-corrected chi connectivity index (χ3v) is 7.82. The molecule has 0 atom stereocenters. The Hall–Kier alpha value is -3.50. The van der Waals surface area contributed by atoms with E-state index in [0.717, 1.165) is 23.5 Å². The van der Waals surface area contributed by atoms with Gasteiger partial charge in [-0.1, -0.05) is 105 Å². The third kappa shape index (κ3) is 6.26. The van der Waals surface area contributed by atoms with E-state index in [4.69, 9.17) is 5.10 Å². The highest BCUT2D eigenvalue weighted by Crippen LogP contribution is 2.48. The second-order valence-electron chi connectivity index (χ2n) is 9.44. The number of hydrazone groups is 1. The van der Waals surface area contributed by atoms with Crippen molar-refractivity contribution in [2.24, 2.45) is 5.10 Å². The minimum atomic E-state index is 1.04. The van der Waals surface area contributed by atoms with Gasteiger partial charge in [0.25, 0.3) is 0 Å². The van der Waals surface area contributed by atoms with Gasteiger partial charge in [-0.25, -0.2) is 5.01 Å². The fraction of sp³-hybridized carbons (Fsp3) is 0.242. The maximum absolute atomic E-state index is 4.92. The normalized spacial score (nSPS) is 12.4. The maximum atomic E-state index is 4.92. The summed E-state index contributed by atoms with van der Waals surface area (Å²) < 4.78 is 0. The molecule has 0 saturated carbocycles. The van der Waals surface area contributed by atoms with E-state index in [2.05, 4.69) is 78.6 Å². The van der Waals surface area contributed by atoms with Crippen molar-refractivity contribution in [1.29, 1.82) is 0 Å². The van der Waals surface area contributed by atoms with Crippen molar-refractivity contribution in [2.75, 3.05) is 16.5 Å². The fourth-order valence-electron chi connectivity index (χ4n) is 4.77. The Labute approximate surface area is 225 Å². The molecule has 3 nitrogen and oxygen atoms in total. The van der Waals surface area contributed by atoms with E-state index in [1.54, 1.807) is 0 Å². The Morgan fingerprint density at radius 3 is 2.03 bits per heavy atom. The molecule has 5 rings (SSSR count). The van der Waals surface area contributed by atoms with Gasteiger partial charge in [-0.3, -0.25) is 0 Å². The topological polar surface area (TPSA) is 18.8 Å². The summed E-state index contributed by atoms with van der Waals surface area (Å²) in [6.07, 6.45) is 9.81. The van der Waals surface area contributed by atoms with Crippen molar-refractivity contribution >= 4 is 40.7 Å². The second kappa shape index (κ2) is 12.6. The number of hydrogen-bond acceptors (Lipinski definition) is 4. The van der Waals surface area contributed by atoms with E-state index in [0.29, 0.717) is 0 Å². The molecule has 4 aromatic carbocycles. The Morgan fingerprint density at radius 2 is 1.30 bits per heavy atom. The van der Waals surface area contributed by atoms with Crippen LogP contribution in [0.3, 0.4) is 0 Å². The number of hydrogen-bond donors (Lipinski definition) is 0. The summed E-state index contributed by atoms with van der Waals surface area (Å²) in [6.45, 7) is 3.33. The minimum absolute atomic E-state index is 1.04. The van der Waals surface area contributed by atoms with Gasteiger partial charge >= 0.3 is 0 Å². The van der Waals surface area contributed by atoms with E-state index < -0.39 is 0 Å². The summed E-state index contributed by atoms with van der Waals surface area (Å²) >= 11 is 1.86. The fourth-order valence-corrected chi connectivity index (χ4v) is 5.91. The summed E-state index contributed by atoms with van der Waals surface area (Å²) in [5, 5.41) is 6.91. The molecule has 4 aromatic rings. The zero-order chi connectivity index (χ0) is 25.3. The molecule has 1 aliphatic rings.